The number of carbonyl (C=O) groups is 1. The summed E-state index contributed by atoms with van der Waals surface area (Å²) >= 11 is 5.89. The Morgan fingerprint density at radius 2 is 1.88 bits per heavy atom. The van der Waals surface area contributed by atoms with Crippen LogP contribution in [-0.2, 0) is 11.3 Å². The van der Waals surface area contributed by atoms with Gasteiger partial charge >= 0.3 is 0 Å². The second-order valence-corrected chi connectivity index (χ2v) is 6.17. The van der Waals surface area contributed by atoms with E-state index in [1.54, 1.807) is 13.3 Å². The number of hydrogen-bond acceptors (Lipinski definition) is 5. The molecule has 2 heterocycles. The number of nitrogens with zero attached hydrogens (tertiary/aromatic N) is 4. The molecule has 1 aliphatic heterocycles. The quantitative estimate of drug-likeness (QED) is 0.922. The van der Waals surface area contributed by atoms with Gasteiger partial charge in [0.05, 0.1) is 0 Å². The molecule has 126 valence electrons. The van der Waals surface area contributed by atoms with Crippen LogP contribution >= 0.6 is 11.6 Å². The Kier molecular flexibility index (Phi) is 5.15. The van der Waals surface area contributed by atoms with E-state index in [0.29, 0.717) is 6.54 Å². The molecule has 0 radical (unpaired) electrons. The SMILES string of the molecule is CC(=O)N1CCN(c2cc(NCc3ccc(Cl)cc3)ncn2)CC1. The van der Waals surface area contributed by atoms with E-state index in [1.807, 2.05) is 35.2 Å². The molecule has 1 aromatic carbocycles. The van der Waals surface area contributed by atoms with E-state index in [4.69, 9.17) is 11.6 Å². The fourth-order valence-corrected chi connectivity index (χ4v) is 2.79. The zero-order valence-electron chi connectivity index (χ0n) is 13.6. The predicted octanol–water partition coefficient (Wildman–Crippen LogP) is 2.41. The molecule has 0 saturated carbocycles. The molecule has 24 heavy (non-hydrogen) atoms. The van der Waals surface area contributed by atoms with Crippen LogP contribution in [-0.4, -0.2) is 47.0 Å². The van der Waals surface area contributed by atoms with Crippen LogP contribution in [0.4, 0.5) is 11.6 Å². The standard InChI is InChI=1S/C17H20ClN5O/c1-13(24)22-6-8-23(9-7-22)17-10-16(20-12-21-17)19-11-14-2-4-15(18)5-3-14/h2-5,10,12H,6-9,11H2,1H3,(H,19,20,21). The van der Waals surface area contributed by atoms with Crippen molar-refractivity contribution in [1.29, 1.82) is 0 Å². The molecule has 1 N–H and O–H groups in total. The maximum Gasteiger partial charge on any atom is 0.219 e. The van der Waals surface area contributed by atoms with Crippen LogP contribution in [0, 0.1) is 0 Å². The first-order valence-electron chi connectivity index (χ1n) is 7.92. The Hall–Kier alpha value is -2.34. The van der Waals surface area contributed by atoms with E-state index in [-0.39, 0.29) is 5.91 Å². The number of hydrogen-bond donors (Lipinski definition) is 1. The van der Waals surface area contributed by atoms with Gasteiger partial charge in [-0.2, -0.15) is 0 Å². The molecule has 1 fully saturated rings. The highest BCUT2D eigenvalue weighted by molar-refractivity contribution is 6.30. The molecular weight excluding hydrogens is 326 g/mol. The lowest BCUT2D eigenvalue weighted by molar-refractivity contribution is -0.129. The molecule has 0 atom stereocenters. The first kappa shape index (κ1) is 16.5. The van der Waals surface area contributed by atoms with Gasteiger partial charge < -0.3 is 15.1 Å². The van der Waals surface area contributed by atoms with Crippen molar-refractivity contribution >= 4 is 29.1 Å². The number of halogens is 1. The van der Waals surface area contributed by atoms with E-state index in [0.717, 1.165) is 48.4 Å². The number of carbonyl (C=O) groups excluding carboxylic acids is 1. The third-order valence-electron chi connectivity index (χ3n) is 4.09. The minimum atomic E-state index is 0.127. The summed E-state index contributed by atoms with van der Waals surface area (Å²) in [6, 6.07) is 9.66. The van der Waals surface area contributed by atoms with Gasteiger partial charge in [-0.3, -0.25) is 4.79 Å². The van der Waals surface area contributed by atoms with Gasteiger partial charge in [-0.05, 0) is 17.7 Å². The highest BCUT2D eigenvalue weighted by atomic mass is 35.5. The summed E-state index contributed by atoms with van der Waals surface area (Å²) in [7, 11) is 0. The smallest absolute Gasteiger partial charge is 0.219 e. The number of anilines is 2. The second kappa shape index (κ2) is 7.49. The van der Waals surface area contributed by atoms with Gasteiger partial charge in [0.2, 0.25) is 5.91 Å². The number of rotatable bonds is 4. The normalized spacial score (nSPS) is 14.6. The third-order valence-corrected chi connectivity index (χ3v) is 4.34. The van der Waals surface area contributed by atoms with Crippen LogP contribution in [0.1, 0.15) is 12.5 Å². The zero-order chi connectivity index (χ0) is 16.9. The van der Waals surface area contributed by atoms with Crippen molar-refractivity contribution in [2.24, 2.45) is 0 Å². The molecule has 0 spiro atoms. The summed E-state index contributed by atoms with van der Waals surface area (Å²) in [5, 5.41) is 4.03. The van der Waals surface area contributed by atoms with E-state index in [9.17, 15) is 4.79 Å². The average Bonchev–Trinajstić information content (AvgIpc) is 2.61. The number of nitrogens with one attached hydrogen (secondary N) is 1. The first-order valence-corrected chi connectivity index (χ1v) is 8.30. The summed E-state index contributed by atoms with van der Waals surface area (Å²) < 4.78 is 0. The topological polar surface area (TPSA) is 61.4 Å². The Morgan fingerprint density at radius 3 is 2.54 bits per heavy atom. The van der Waals surface area contributed by atoms with Gasteiger partial charge in [0.15, 0.2) is 0 Å². The lowest BCUT2D eigenvalue weighted by atomic mass is 10.2. The molecule has 1 aromatic heterocycles. The molecule has 0 bridgehead atoms. The number of piperazine rings is 1. The van der Waals surface area contributed by atoms with Crippen LogP contribution in [0.3, 0.4) is 0 Å². The summed E-state index contributed by atoms with van der Waals surface area (Å²) in [6.45, 7) is 5.31. The molecule has 2 aromatic rings. The van der Waals surface area contributed by atoms with Crippen molar-refractivity contribution in [3.8, 4) is 0 Å². The molecular formula is C17H20ClN5O. The van der Waals surface area contributed by atoms with Crippen molar-refractivity contribution in [2.45, 2.75) is 13.5 Å². The molecule has 6 nitrogen and oxygen atoms in total. The number of aromatic nitrogens is 2. The van der Waals surface area contributed by atoms with Crippen LogP contribution < -0.4 is 10.2 Å². The number of amides is 1. The molecule has 1 aliphatic rings. The highest BCUT2D eigenvalue weighted by Crippen LogP contribution is 2.17. The number of benzene rings is 1. The van der Waals surface area contributed by atoms with E-state index in [2.05, 4.69) is 20.2 Å². The van der Waals surface area contributed by atoms with Gasteiger partial charge in [0.25, 0.3) is 0 Å². The largest absolute Gasteiger partial charge is 0.366 e. The third kappa shape index (κ3) is 4.14. The fraction of sp³-hybridized carbons (Fsp3) is 0.353. The van der Waals surface area contributed by atoms with Crippen molar-refractivity contribution in [3.63, 3.8) is 0 Å². The Balaban J connectivity index is 1.60. The van der Waals surface area contributed by atoms with E-state index >= 15 is 0 Å². The van der Waals surface area contributed by atoms with E-state index in [1.165, 1.54) is 0 Å². The van der Waals surface area contributed by atoms with Crippen LogP contribution in [0.5, 0.6) is 0 Å². The maximum atomic E-state index is 11.4. The summed E-state index contributed by atoms with van der Waals surface area (Å²) in [5.74, 6) is 1.79. The highest BCUT2D eigenvalue weighted by Gasteiger charge is 2.19. The maximum absolute atomic E-state index is 11.4. The van der Waals surface area contributed by atoms with Crippen molar-refractivity contribution in [2.75, 3.05) is 36.4 Å². The molecule has 3 rings (SSSR count). The molecule has 0 aliphatic carbocycles. The van der Waals surface area contributed by atoms with Crippen molar-refractivity contribution < 1.29 is 4.79 Å². The molecule has 7 heteroatoms. The van der Waals surface area contributed by atoms with Gasteiger partial charge in [0, 0.05) is 50.7 Å². The average molecular weight is 346 g/mol. The van der Waals surface area contributed by atoms with Crippen molar-refractivity contribution in [3.05, 3.63) is 47.2 Å². The molecule has 1 amide bonds. The summed E-state index contributed by atoms with van der Waals surface area (Å²) in [4.78, 5) is 24.1. The van der Waals surface area contributed by atoms with Crippen molar-refractivity contribution in [1.82, 2.24) is 14.9 Å². The lowest BCUT2D eigenvalue weighted by Crippen LogP contribution is -2.48. The zero-order valence-corrected chi connectivity index (χ0v) is 14.3. The minimum Gasteiger partial charge on any atom is -0.366 e. The van der Waals surface area contributed by atoms with E-state index < -0.39 is 0 Å². The van der Waals surface area contributed by atoms with Gasteiger partial charge in [-0.1, -0.05) is 23.7 Å². The predicted molar refractivity (Wildman–Crippen MR) is 95.3 cm³/mol. The first-order chi connectivity index (χ1) is 11.6. The lowest BCUT2D eigenvalue weighted by Gasteiger charge is -2.34. The fourth-order valence-electron chi connectivity index (χ4n) is 2.66. The Labute approximate surface area is 146 Å². The summed E-state index contributed by atoms with van der Waals surface area (Å²) in [6.07, 6.45) is 1.57. The van der Waals surface area contributed by atoms with Crippen LogP contribution in [0.2, 0.25) is 5.02 Å². The Bertz CT molecular complexity index is 698. The van der Waals surface area contributed by atoms with Crippen LogP contribution in [0.25, 0.3) is 0 Å². The van der Waals surface area contributed by atoms with Gasteiger partial charge in [-0.15, -0.1) is 0 Å². The van der Waals surface area contributed by atoms with Gasteiger partial charge in [-0.25, -0.2) is 9.97 Å². The summed E-state index contributed by atoms with van der Waals surface area (Å²) in [5.41, 5.74) is 1.13. The monoisotopic (exact) mass is 345 g/mol. The molecule has 0 unspecified atom stereocenters. The second-order valence-electron chi connectivity index (χ2n) is 5.73. The van der Waals surface area contributed by atoms with Gasteiger partial charge in [0.1, 0.15) is 18.0 Å². The molecule has 1 saturated heterocycles. The Morgan fingerprint density at radius 1 is 1.17 bits per heavy atom. The van der Waals surface area contributed by atoms with Crippen LogP contribution in [0.15, 0.2) is 36.7 Å². The minimum absolute atomic E-state index is 0.127.